The van der Waals surface area contributed by atoms with Crippen LogP contribution in [0.15, 0.2) is 47.7 Å². The lowest BCUT2D eigenvalue weighted by Crippen LogP contribution is -2.38. The Morgan fingerprint density at radius 3 is 2.68 bits per heavy atom. The van der Waals surface area contributed by atoms with Crippen LogP contribution in [0.5, 0.6) is 0 Å². The van der Waals surface area contributed by atoms with E-state index in [0.717, 1.165) is 48.1 Å². The van der Waals surface area contributed by atoms with Gasteiger partial charge in [0.15, 0.2) is 5.96 Å². The Labute approximate surface area is 166 Å². The molecule has 0 saturated heterocycles. The van der Waals surface area contributed by atoms with Crippen LogP contribution in [0.3, 0.4) is 0 Å². The van der Waals surface area contributed by atoms with Gasteiger partial charge in [-0.15, -0.1) is 0 Å². The molecule has 0 spiro atoms. The molecular weight excluding hydrogens is 350 g/mol. The van der Waals surface area contributed by atoms with E-state index in [4.69, 9.17) is 4.99 Å². The summed E-state index contributed by atoms with van der Waals surface area (Å²) in [5.74, 6) is 0.814. The second-order valence-corrected chi connectivity index (χ2v) is 6.86. The van der Waals surface area contributed by atoms with Crippen LogP contribution in [-0.2, 0) is 20.0 Å². The maximum atomic E-state index is 4.78. The Morgan fingerprint density at radius 2 is 2.00 bits per heavy atom. The van der Waals surface area contributed by atoms with Crippen molar-refractivity contribution in [2.45, 2.75) is 33.7 Å². The fourth-order valence-electron chi connectivity index (χ4n) is 3.16. The first-order chi connectivity index (χ1) is 13.6. The molecule has 3 rings (SSSR count). The number of benzene rings is 1. The molecule has 28 heavy (non-hydrogen) atoms. The minimum absolute atomic E-state index is 0.580. The number of nitrogens with zero attached hydrogens (tertiary/aromatic N) is 5. The van der Waals surface area contributed by atoms with E-state index in [2.05, 4.69) is 52.9 Å². The lowest BCUT2D eigenvalue weighted by molar-refractivity contribution is 0.764. The highest BCUT2D eigenvalue weighted by molar-refractivity contribution is 5.79. The van der Waals surface area contributed by atoms with Gasteiger partial charge in [0.05, 0.1) is 24.1 Å². The fraction of sp³-hybridized carbons (Fsp3) is 0.381. The predicted molar refractivity (Wildman–Crippen MR) is 113 cm³/mol. The van der Waals surface area contributed by atoms with Gasteiger partial charge in [0.25, 0.3) is 0 Å². The molecule has 0 aliphatic heterocycles. The number of hydrogen-bond donors (Lipinski definition) is 2. The van der Waals surface area contributed by atoms with Crippen LogP contribution < -0.4 is 10.6 Å². The van der Waals surface area contributed by atoms with E-state index in [1.54, 1.807) is 0 Å². The van der Waals surface area contributed by atoms with Crippen LogP contribution in [0, 0.1) is 13.8 Å². The van der Waals surface area contributed by atoms with Crippen molar-refractivity contribution in [1.29, 1.82) is 0 Å². The summed E-state index contributed by atoms with van der Waals surface area (Å²) in [6.45, 7) is 8.36. The number of aryl methyl sites for hydroxylation is 3. The third-order valence-corrected chi connectivity index (χ3v) is 4.45. The first-order valence-electron chi connectivity index (χ1n) is 9.68. The lowest BCUT2D eigenvalue weighted by atomic mass is 10.2. The number of para-hydroxylation sites is 1. The second-order valence-electron chi connectivity index (χ2n) is 6.86. The molecule has 148 valence electrons. The highest BCUT2D eigenvalue weighted by Crippen LogP contribution is 2.17. The van der Waals surface area contributed by atoms with Gasteiger partial charge in [0.1, 0.15) is 0 Å². The van der Waals surface area contributed by atoms with E-state index in [1.807, 2.05) is 47.9 Å². The minimum atomic E-state index is 0.580. The summed E-state index contributed by atoms with van der Waals surface area (Å²) in [7, 11) is 1.93. The molecule has 0 aliphatic carbocycles. The summed E-state index contributed by atoms with van der Waals surface area (Å²) in [6.07, 6.45) is 4.84. The Balaban J connectivity index is 1.70. The van der Waals surface area contributed by atoms with Crippen molar-refractivity contribution in [3.05, 3.63) is 65.2 Å². The molecule has 7 nitrogen and oxygen atoms in total. The van der Waals surface area contributed by atoms with Crippen LogP contribution in [0.4, 0.5) is 0 Å². The topological polar surface area (TPSA) is 72.1 Å². The summed E-state index contributed by atoms with van der Waals surface area (Å²) in [4.78, 5) is 4.78. The van der Waals surface area contributed by atoms with Crippen LogP contribution in [0.2, 0.25) is 0 Å². The quantitative estimate of drug-likeness (QED) is 0.489. The average molecular weight is 380 g/mol. The molecule has 2 N–H and O–H groups in total. The number of guanidine groups is 1. The fourth-order valence-corrected chi connectivity index (χ4v) is 3.16. The molecule has 2 heterocycles. The largest absolute Gasteiger partial charge is 0.357 e. The van der Waals surface area contributed by atoms with E-state index in [-0.39, 0.29) is 0 Å². The number of aromatic nitrogens is 4. The zero-order chi connectivity index (χ0) is 19.9. The molecule has 0 aliphatic rings. The number of nitrogens with one attached hydrogen (secondary N) is 2. The Kier molecular flexibility index (Phi) is 6.47. The smallest absolute Gasteiger partial charge is 0.191 e. The van der Waals surface area contributed by atoms with Gasteiger partial charge in [-0.3, -0.25) is 4.68 Å². The van der Waals surface area contributed by atoms with E-state index in [1.165, 1.54) is 5.56 Å². The maximum absolute atomic E-state index is 4.78. The molecule has 2 aromatic heterocycles. The third-order valence-electron chi connectivity index (χ3n) is 4.45. The van der Waals surface area contributed by atoms with Crippen molar-refractivity contribution in [3.63, 3.8) is 0 Å². The number of hydrogen-bond acceptors (Lipinski definition) is 3. The van der Waals surface area contributed by atoms with Gasteiger partial charge in [-0.05, 0) is 50.5 Å². The molecule has 7 heteroatoms. The predicted octanol–water partition coefficient (Wildman–Crippen LogP) is 2.52. The van der Waals surface area contributed by atoms with Gasteiger partial charge in [-0.1, -0.05) is 18.2 Å². The first-order valence-corrected chi connectivity index (χ1v) is 9.68. The summed E-state index contributed by atoms with van der Waals surface area (Å²) in [6, 6.07) is 10.4. The Bertz CT molecular complexity index is 936. The monoisotopic (exact) mass is 379 g/mol. The highest BCUT2D eigenvalue weighted by Gasteiger charge is 2.08. The summed E-state index contributed by atoms with van der Waals surface area (Å²) >= 11 is 0. The summed E-state index contributed by atoms with van der Waals surface area (Å²) < 4.78 is 3.81. The maximum Gasteiger partial charge on any atom is 0.191 e. The van der Waals surface area contributed by atoms with Gasteiger partial charge in [-0.2, -0.15) is 10.2 Å². The van der Waals surface area contributed by atoms with Gasteiger partial charge < -0.3 is 10.6 Å². The second kappa shape index (κ2) is 9.21. The standard InChI is InChI=1S/C21H29N7/c1-5-22-21(23-11-10-18-13-25-27(4)15-18)24-14-19-8-6-7-9-20(19)28-17(3)12-16(2)26-28/h6-9,12-13,15H,5,10-11,14H2,1-4H3,(H2,22,23,24). The van der Waals surface area contributed by atoms with Crippen LogP contribution in [0.25, 0.3) is 5.69 Å². The first kappa shape index (κ1) is 19.7. The molecule has 0 atom stereocenters. The molecule has 1 aromatic carbocycles. The van der Waals surface area contributed by atoms with Gasteiger partial charge in [0.2, 0.25) is 0 Å². The van der Waals surface area contributed by atoms with Crippen molar-refractivity contribution >= 4 is 5.96 Å². The highest BCUT2D eigenvalue weighted by atomic mass is 15.3. The zero-order valence-corrected chi connectivity index (χ0v) is 17.1. The van der Waals surface area contributed by atoms with Crippen LogP contribution in [-0.4, -0.2) is 38.6 Å². The summed E-state index contributed by atoms with van der Waals surface area (Å²) in [5, 5.41) is 15.5. The Morgan fingerprint density at radius 1 is 1.18 bits per heavy atom. The van der Waals surface area contributed by atoms with Gasteiger partial charge in [0, 0.05) is 32.0 Å². The van der Waals surface area contributed by atoms with Crippen molar-refractivity contribution in [2.24, 2.45) is 12.0 Å². The molecule has 0 fully saturated rings. The van der Waals surface area contributed by atoms with Gasteiger partial charge >= 0.3 is 0 Å². The normalized spacial score (nSPS) is 11.6. The Hall–Kier alpha value is -3.09. The average Bonchev–Trinajstić information content (AvgIpc) is 3.24. The van der Waals surface area contributed by atoms with Gasteiger partial charge in [-0.25, -0.2) is 9.67 Å². The van der Waals surface area contributed by atoms with Crippen molar-refractivity contribution < 1.29 is 0 Å². The molecule has 0 saturated carbocycles. The lowest BCUT2D eigenvalue weighted by Gasteiger charge is -2.13. The number of aliphatic imine (C=N–C) groups is 1. The number of rotatable bonds is 7. The summed E-state index contributed by atoms with van der Waals surface area (Å²) in [5.41, 5.74) is 5.55. The molecule has 0 radical (unpaired) electrons. The molecule has 0 amide bonds. The van der Waals surface area contributed by atoms with E-state index >= 15 is 0 Å². The van der Waals surface area contributed by atoms with Crippen molar-refractivity contribution in [3.8, 4) is 5.69 Å². The van der Waals surface area contributed by atoms with E-state index in [9.17, 15) is 0 Å². The van der Waals surface area contributed by atoms with Crippen molar-refractivity contribution in [2.75, 3.05) is 13.1 Å². The molecule has 0 bridgehead atoms. The SMILES string of the molecule is CCNC(=NCc1ccccc1-n1nc(C)cc1C)NCCc1cnn(C)c1. The van der Waals surface area contributed by atoms with E-state index < -0.39 is 0 Å². The molecule has 0 unspecified atom stereocenters. The molecule has 3 aromatic rings. The van der Waals surface area contributed by atoms with Crippen molar-refractivity contribution in [1.82, 2.24) is 30.2 Å². The van der Waals surface area contributed by atoms with Crippen LogP contribution >= 0.6 is 0 Å². The minimum Gasteiger partial charge on any atom is -0.357 e. The van der Waals surface area contributed by atoms with Crippen LogP contribution in [0.1, 0.15) is 29.4 Å². The molecular formula is C21H29N7. The third kappa shape index (κ3) is 5.00. The van der Waals surface area contributed by atoms with E-state index in [0.29, 0.717) is 6.54 Å². The zero-order valence-electron chi connectivity index (χ0n) is 17.1.